The minimum absolute atomic E-state index is 0.0825. The van der Waals surface area contributed by atoms with Gasteiger partial charge in [-0.25, -0.2) is 9.78 Å². The lowest BCUT2D eigenvalue weighted by Gasteiger charge is -2.21. The van der Waals surface area contributed by atoms with Crippen LogP contribution in [0, 0.1) is 5.92 Å². The number of aliphatic carboxylic acids is 1. The van der Waals surface area contributed by atoms with Crippen molar-refractivity contribution >= 4 is 17.1 Å². The molecule has 5 rings (SSSR count). The van der Waals surface area contributed by atoms with Crippen LogP contribution in [0.5, 0.6) is 5.75 Å². The predicted octanol–water partition coefficient (Wildman–Crippen LogP) is 4.75. The topological polar surface area (TPSA) is 122 Å². The standard InChI is InChI=1S/C31H34F3N5O5/c1-3-12-38-27-25(28(40)39(13-4-2)30(38)43)35-26(36-27)21-8-10-23(11-9-21)44-18-20-15-24(29(41)42)37(17-20)16-19-6-5-7-22(14-19)31(32,33)34/h5-11,14,20,24H,3-4,12-13,15-18H2,1-2H3,(H,35,36)(H,41,42). The van der Waals surface area contributed by atoms with Crippen molar-refractivity contribution < 1.29 is 27.8 Å². The average Bonchev–Trinajstić information content (AvgIpc) is 3.61. The van der Waals surface area contributed by atoms with Crippen LogP contribution in [0.1, 0.15) is 44.2 Å². The van der Waals surface area contributed by atoms with Crippen molar-refractivity contribution in [3.63, 3.8) is 0 Å². The number of nitrogens with one attached hydrogen (secondary N) is 1. The molecule has 2 N–H and O–H groups in total. The van der Waals surface area contributed by atoms with Crippen LogP contribution in [0.4, 0.5) is 13.2 Å². The van der Waals surface area contributed by atoms with Crippen LogP contribution in [-0.4, -0.2) is 54.3 Å². The van der Waals surface area contributed by atoms with Gasteiger partial charge < -0.3 is 14.8 Å². The summed E-state index contributed by atoms with van der Waals surface area (Å²) in [7, 11) is 0. The van der Waals surface area contributed by atoms with Gasteiger partial charge in [-0.15, -0.1) is 0 Å². The number of carbonyl (C=O) groups is 1. The van der Waals surface area contributed by atoms with Crippen LogP contribution in [0.15, 0.2) is 58.1 Å². The molecule has 1 fully saturated rings. The number of aromatic nitrogens is 4. The van der Waals surface area contributed by atoms with Crippen LogP contribution in [0.25, 0.3) is 22.6 Å². The lowest BCUT2D eigenvalue weighted by Crippen LogP contribution is -2.40. The second kappa shape index (κ2) is 12.7. The number of aryl methyl sites for hydroxylation is 1. The maximum absolute atomic E-state index is 13.1. The Morgan fingerprint density at radius 3 is 2.43 bits per heavy atom. The number of alkyl halides is 3. The Morgan fingerprint density at radius 2 is 1.77 bits per heavy atom. The highest BCUT2D eigenvalue weighted by Gasteiger charge is 2.37. The van der Waals surface area contributed by atoms with Gasteiger partial charge in [0.1, 0.15) is 23.1 Å². The van der Waals surface area contributed by atoms with E-state index < -0.39 is 29.3 Å². The first-order valence-corrected chi connectivity index (χ1v) is 14.6. The van der Waals surface area contributed by atoms with Crippen molar-refractivity contribution in [1.29, 1.82) is 0 Å². The van der Waals surface area contributed by atoms with E-state index in [4.69, 9.17) is 4.74 Å². The summed E-state index contributed by atoms with van der Waals surface area (Å²) in [5.74, 6) is -0.188. The minimum atomic E-state index is -4.48. The third kappa shape index (κ3) is 6.42. The first-order chi connectivity index (χ1) is 21.0. The molecule has 4 aromatic rings. The summed E-state index contributed by atoms with van der Waals surface area (Å²) in [6, 6.07) is 11.1. The van der Waals surface area contributed by atoms with Crippen molar-refractivity contribution in [1.82, 2.24) is 24.0 Å². The second-order valence-corrected chi connectivity index (χ2v) is 11.1. The Hall–Kier alpha value is -4.39. The zero-order chi connectivity index (χ0) is 31.6. The fourth-order valence-corrected chi connectivity index (χ4v) is 5.70. The number of halogens is 3. The molecule has 0 saturated carbocycles. The summed E-state index contributed by atoms with van der Waals surface area (Å²) in [4.78, 5) is 47.2. The Labute approximate surface area is 250 Å². The van der Waals surface area contributed by atoms with Crippen molar-refractivity contribution in [2.24, 2.45) is 5.92 Å². The van der Waals surface area contributed by atoms with Gasteiger partial charge in [0, 0.05) is 37.7 Å². The van der Waals surface area contributed by atoms with Crippen LogP contribution in [-0.2, 0) is 30.6 Å². The number of likely N-dealkylation sites (tertiary alicyclic amines) is 1. The van der Waals surface area contributed by atoms with Crippen LogP contribution in [0.2, 0.25) is 0 Å². The number of imidazole rings is 1. The van der Waals surface area contributed by atoms with E-state index in [-0.39, 0.29) is 30.3 Å². The second-order valence-electron chi connectivity index (χ2n) is 11.1. The van der Waals surface area contributed by atoms with Gasteiger partial charge in [-0.1, -0.05) is 32.0 Å². The zero-order valence-electron chi connectivity index (χ0n) is 24.4. The highest BCUT2D eigenvalue weighted by Crippen LogP contribution is 2.31. The van der Waals surface area contributed by atoms with E-state index in [1.807, 2.05) is 13.8 Å². The molecule has 1 aliphatic rings. The summed E-state index contributed by atoms with van der Waals surface area (Å²) in [5.41, 5.74) is 0.110. The van der Waals surface area contributed by atoms with Crippen molar-refractivity contribution in [3.8, 4) is 17.1 Å². The lowest BCUT2D eigenvalue weighted by molar-refractivity contribution is -0.142. The molecule has 2 aromatic heterocycles. The van der Waals surface area contributed by atoms with Crippen LogP contribution < -0.4 is 16.0 Å². The molecule has 2 unspecified atom stereocenters. The van der Waals surface area contributed by atoms with E-state index >= 15 is 0 Å². The molecule has 44 heavy (non-hydrogen) atoms. The zero-order valence-corrected chi connectivity index (χ0v) is 24.4. The van der Waals surface area contributed by atoms with E-state index in [2.05, 4.69) is 9.97 Å². The number of benzene rings is 2. The first kappa shape index (κ1) is 31.0. The molecule has 10 nitrogen and oxygen atoms in total. The predicted molar refractivity (Wildman–Crippen MR) is 158 cm³/mol. The summed E-state index contributed by atoms with van der Waals surface area (Å²) in [6.07, 6.45) is -2.83. The third-order valence-electron chi connectivity index (χ3n) is 7.78. The van der Waals surface area contributed by atoms with Gasteiger partial charge in [-0.05, 0) is 55.2 Å². The van der Waals surface area contributed by atoms with Gasteiger partial charge >= 0.3 is 17.8 Å². The van der Waals surface area contributed by atoms with E-state index in [0.29, 0.717) is 67.2 Å². The molecule has 2 atom stereocenters. The van der Waals surface area contributed by atoms with Crippen LogP contribution >= 0.6 is 0 Å². The molecule has 234 valence electrons. The molecule has 0 radical (unpaired) electrons. The highest BCUT2D eigenvalue weighted by atomic mass is 19.4. The van der Waals surface area contributed by atoms with E-state index in [1.54, 1.807) is 35.2 Å². The summed E-state index contributed by atoms with van der Waals surface area (Å²) in [5, 5.41) is 9.75. The molecule has 1 aliphatic heterocycles. The Bertz CT molecular complexity index is 1760. The maximum atomic E-state index is 13.1. The Kier molecular flexibility index (Phi) is 8.95. The highest BCUT2D eigenvalue weighted by molar-refractivity contribution is 5.75. The number of carboxylic acid groups (broad SMARTS) is 1. The Balaban J connectivity index is 1.28. The van der Waals surface area contributed by atoms with E-state index in [9.17, 15) is 32.7 Å². The molecule has 0 aliphatic carbocycles. The monoisotopic (exact) mass is 613 g/mol. The number of carboxylic acids is 1. The van der Waals surface area contributed by atoms with Gasteiger partial charge in [-0.2, -0.15) is 13.2 Å². The molecular formula is C31H34F3N5O5. The van der Waals surface area contributed by atoms with E-state index in [0.717, 1.165) is 12.1 Å². The largest absolute Gasteiger partial charge is 0.493 e. The van der Waals surface area contributed by atoms with Crippen molar-refractivity contribution in [2.45, 2.75) is 65.0 Å². The van der Waals surface area contributed by atoms with Gasteiger partial charge in [0.25, 0.3) is 5.56 Å². The van der Waals surface area contributed by atoms with Gasteiger partial charge in [0.2, 0.25) is 0 Å². The Morgan fingerprint density at radius 1 is 1.07 bits per heavy atom. The quantitative estimate of drug-likeness (QED) is 0.251. The number of nitrogens with zero attached hydrogens (tertiary/aromatic N) is 4. The number of hydrogen-bond donors (Lipinski definition) is 2. The number of aromatic amines is 1. The van der Waals surface area contributed by atoms with Crippen molar-refractivity contribution in [2.75, 3.05) is 13.2 Å². The SMILES string of the molecule is CCCn1c(=O)c2[nH]c(-c3ccc(OCC4CC(C(=O)O)N(Cc5cccc(C(F)(F)F)c5)C4)cc3)nc2n(CCC)c1=O. The molecule has 0 bridgehead atoms. The average molecular weight is 614 g/mol. The summed E-state index contributed by atoms with van der Waals surface area (Å²) in [6.45, 7) is 5.26. The van der Waals surface area contributed by atoms with Gasteiger partial charge in [0.05, 0.1) is 12.2 Å². The van der Waals surface area contributed by atoms with Crippen LogP contribution in [0.3, 0.4) is 0 Å². The number of fused-ring (bicyclic) bond motifs is 1. The molecule has 0 amide bonds. The molecule has 13 heteroatoms. The number of hydrogen-bond acceptors (Lipinski definition) is 6. The number of ether oxygens (including phenoxy) is 1. The van der Waals surface area contributed by atoms with Crippen molar-refractivity contribution in [3.05, 3.63) is 80.5 Å². The summed E-state index contributed by atoms with van der Waals surface area (Å²) < 4.78 is 48.1. The molecule has 0 spiro atoms. The van der Waals surface area contributed by atoms with Gasteiger partial charge in [0.15, 0.2) is 5.65 Å². The van der Waals surface area contributed by atoms with Gasteiger partial charge in [-0.3, -0.25) is 23.6 Å². The maximum Gasteiger partial charge on any atom is 0.416 e. The number of rotatable bonds is 11. The number of H-pyrrole nitrogens is 1. The molecule has 1 saturated heterocycles. The fourth-order valence-electron chi connectivity index (χ4n) is 5.70. The molecule has 2 aromatic carbocycles. The summed E-state index contributed by atoms with van der Waals surface area (Å²) >= 11 is 0. The minimum Gasteiger partial charge on any atom is -0.493 e. The first-order valence-electron chi connectivity index (χ1n) is 14.6. The fraction of sp³-hybridized carbons (Fsp3) is 0.419. The molecule has 3 heterocycles. The molecular weight excluding hydrogens is 579 g/mol. The third-order valence-corrected chi connectivity index (χ3v) is 7.78. The smallest absolute Gasteiger partial charge is 0.416 e. The normalized spacial score (nSPS) is 17.4. The van der Waals surface area contributed by atoms with E-state index in [1.165, 1.54) is 15.2 Å². The lowest BCUT2D eigenvalue weighted by atomic mass is 10.1.